The van der Waals surface area contributed by atoms with Crippen molar-refractivity contribution in [1.82, 2.24) is 15.2 Å². The number of hydrogen-bond acceptors (Lipinski definition) is 5. The summed E-state index contributed by atoms with van der Waals surface area (Å²) in [6.07, 6.45) is 3.53. The highest BCUT2D eigenvalue weighted by Gasteiger charge is 2.21. The van der Waals surface area contributed by atoms with Gasteiger partial charge < -0.3 is 25.2 Å². The van der Waals surface area contributed by atoms with Crippen LogP contribution < -0.4 is 20.3 Å². The standard InChI is InChI=1S/C28H33N5O3/c1-2-36-25-13-7-6-12-24(25)27(34)31-23-14-15-26(30-21-23)32-17-19-33(20-18-32)28(35)29-16-8-11-22-9-4-3-5-10-22/h3-7,9-10,12-15,21H,2,8,11,16-20H2,1H3,(H,29,35)(H,31,34). The first-order valence-electron chi connectivity index (χ1n) is 12.4. The number of nitrogens with one attached hydrogen (secondary N) is 2. The van der Waals surface area contributed by atoms with E-state index in [2.05, 4.69) is 32.7 Å². The highest BCUT2D eigenvalue weighted by Crippen LogP contribution is 2.21. The highest BCUT2D eigenvalue weighted by atomic mass is 16.5. The minimum absolute atomic E-state index is 0.0129. The fraction of sp³-hybridized carbons (Fsp3) is 0.321. The molecule has 8 nitrogen and oxygen atoms in total. The number of piperazine rings is 1. The van der Waals surface area contributed by atoms with Crippen molar-refractivity contribution >= 4 is 23.4 Å². The molecule has 0 saturated carbocycles. The van der Waals surface area contributed by atoms with Gasteiger partial charge in [-0.05, 0) is 49.6 Å². The maximum absolute atomic E-state index is 12.7. The number of hydrogen-bond donors (Lipinski definition) is 2. The molecule has 3 amide bonds. The minimum Gasteiger partial charge on any atom is -0.493 e. The molecule has 188 valence electrons. The van der Waals surface area contributed by atoms with Crippen molar-refractivity contribution in [2.45, 2.75) is 19.8 Å². The van der Waals surface area contributed by atoms with Crippen molar-refractivity contribution in [1.29, 1.82) is 0 Å². The van der Waals surface area contributed by atoms with Crippen molar-refractivity contribution < 1.29 is 14.3 Å². The predicted octanol–water partition coefficient (Wildman–Crippen LogP) is 4.20. The average molecular weight is 488 g/mol. The zero-order chi connectivity index (χ0) is 25.2. The summed E-state index contributed by atoms with van der Waals surface area (Å²) in [5, 5.41) is 5.91. The van der Waals surface area contributed by atoms with Crippen LogP contribution in [-0.4, -0.2) is 61.2 Å². The summed E-state index contributed by atoms with van der Waals surface area (Å²) >= 11 is 0. The number of aryl methyl sites for hydroxylation is 1. The highest BCUT2D eigenvalue weighted by molar-refractivity contribution is 6.06. The van der Waals surface area contributed by atoms with Gasteiger partial charge >= 0.3 is 6.03 Å². The molecule has 1 saturated heterocycles. The molecule has 2 aromatic carbocycles. The number of aromatic nitrogens is 1. The van der Waals surface area contributed by atoms with Gasteiger partial charge in [-0.15, -0.1) is 0 Å². The summed E-state index contributed by atoms with van der Waals surface area (Å²) < 4.78 is 5.55. The number of rotatable bonds is 9. The van der Waals surface area contributed by atoms with E-state index in [1.807, 2.05) is 54.3 Å². The molecular formula is C28H33N5O3. The van der Waals surface area contributed by atoms with E-state index < -0.39 is 0 Å². The number of carbonyl (C=O) groups is 2. The topological polar surface area (TPSA) is 86.8 Å². The summed E-state index contributed by atoms with van der Waals surface area (Å²) in [6.45, 7) is 5.73. The molecule has 3 aromatic rings. The molecule has 4 rings (SSSR count). The molecule has 1 fully saturated rings. The monoisotopic (exact) mass is 487 g/mol. The number of ether oxygens (including phenoxy) is 1. The van der Waals surface area contributed by atoms with Crippen LogP contribution >= 0.6 is 0 Å². The maximum Gasteiger partial charge on any atom is 0.317 e. The molecule has 1 aromatic heterocycles. The number of benzene rings is 2. The number of amides is 3. The Morgan fingerprint density at radius 3 is 2.42 bits per heavy atom. The second kappa shape index (κ2) is 12.6. The molecule has 0 atom stereocenters. The van der Waals surface area contributed by atoms with Gasteiger partial charge in [0.05, 0.1) is 24.1 Å². The Labute approximate surface area is 212 Å². The molecule has 0 spiro atoms. The first kappa shape index (κ1) is 25.0. The van der Waals surface area contributed by atoms with Crippen LogP contribution in [0.5, 0.6) is 5.75 Å². The number of urea groups is 1. The molecule has 0 aliphatic carbocycles. The fourth-order valence-corrected chi connectivity index (χ4v) is 4.16. The van der Waals surface area contributed by atoms with Gasteiger partial charge in [0.1, 0.15) is 11.6 Å². The fourth-order valence-electron chi connectivity index (χ4n) is 4.16. The van der Waals surface area contributed by atoms with E-state index in [9.17, 15) is 9.59 Å². The Balaban J connectivity index is 1.21. The molecule has 0 bridgehead atoms. The van der Waals surface area contributed by atoms with E-state index in [0.29, 0.717) is 56.3 Å². The normalized spacial score (nSPS) is 13.2. The summed E-state index contributed by atoms with van der Waals surface area (Å²) in [6, 6.07) is 21.2. The van der Waals surface area contributed by atoms with E-state index in [1.54, 1.807) is 18.3 Å². The van der Waals surface area contributed by atoms with Crippen LogP contribution in [0.1, 0.15) is 29.3 Å². The lowest BCUT2D eigenvalue weighted by Crippen LogP contribution is -2.52. The van der Waals surface area contributed by atoms with Crippen LogP contribution in [0.3, 0.4) is 0 Å². The van der Waals surface area contributed by atoms with Crippen LogP contribution in [0, 0.1) is 0 Å². The first-order valence-corrected chi connectivity index (χ1v) is 12.4. The van der Waals surface area contributed by atoms with Gasteiger partial charge in [0.25, 0.3) is 5.91 Å². The average Bonchev–Trinajstić information content (AvgIpc) is 2.92. The first-order chi connectivity index (χ1) is 17.6. The second-order valence-electron chi connectivity index (χ2n) is 8.58. The van der Waals surface area contributed by atoms with Crippen LogP contribution in [-0.2, 0) is 6.42 Å². The zero-order valence-electron chi connectivity index (χ0n) is 20.7. The quantitative estimate of drug-likeness (QED) is 0.442. The molecule has 36 heavy (non-hydrogen) atoms. The van der Waals surface area contributed by atoms with Gasteiger partial charge in [0, 0.05) is 32.7 Å². The minimum atomic E-state index is -0.239. The Kier molecular flexibility index (Phi) is 8.75. The van der Waals surface area contributed by atoms with Gasteiger partial charge in [-0.1, -0.05) is 42.5 Å². The molecule has 0 radical (unpaired) electrons. The largest absolute Gasteiger partial charge is 0.493 e. The van der Waals surface area contributed by atoms with Gasteiger partial charge in [-0.25, -0.2) is 9.78 Å². The van der Waals surface area contributed by atoms with Crippen LogP contribution in [0.25, 0.3) is 0 Å². The van der Waals surface area contributed by atoms with Crippen LogP contribution in [0.15, 0.2) is 72.9 Å². The summed E-state index contributed by atoms with van der Waals surface area (Å²) in [5.74, 6) is 1.14. The number of nitrogens with zero attached hydrogens (tertiary/aromatic N) is 3. The Bertz CT molecular complexity index is 1130. The van der Waals surface area contributed by atoms with Crippen LogP contribution in [0.2, 0.25) is 0 Å². The Morgan fingerprint density at radius 1 is 0.944 bits per heavy atom. The van der Waals surface area contributed by atoms with Crippen molar-refractivity contribution in [2.75, 3.05) is 49.5 Å². The maximum atomic E-state index is 12.7. The van der Waals surface area contributed by atoms with Crippen molar-refractivity contribution in [3.63, 3.8) is 0 Å². The van der Waals surface area contributed by atoms with E-state index in [-0.39, 0.29) is 11.9 Å². The third-order valence-corrected chi connectivity index (χ3v) is 6.09. The van der Waals surface area contributed by atoms with Gasteiger partial charge in [0.15, 0.2) is 0 Å². The lowest BCUT2D eigenvalue weighted by atomic mass is 10.1. The molecule has 1 aliphatic rings. The van der Waals surface area contributed by atoms with Crippen molar-refractivity contribution in [2.24, 2.45) is 0 Å². The summed E-state index contributed by atoms with van der Waals surface area (Å²) in [4.78, 5) is 33.7. The number of carbonyl (C=O) groups excluding carboxylic acids is 2. The second-order valence-corrected chi connectivity index (χ2v) is 8.58. The number of anilines is 2. The molecule has 2 N–H and O–H groups in total. The van der Waals surface area contributed by atoms with E-state index in [1.165, 1.54) is 5.56 Å². The van der Waals surface area contributed by atoms with E-state index >= 15 is 0 Å². The van der Waals surface area contributed by atoms with E-state index in [4.69, 9.17) is 4.74 Å². The smallest absolute Gasteiger partial charge is 0.317 e. The van der Waals surface area contributed by atoms with Crippen molar-refractivity contribution in [3.8, 4) is 5.75 Å². The third kappa shape index (κ3) is 6.75. The number of para-hydroxylation sites is 1. The van der Waals surface area contributed by atoms with Crippen LogP contribution in [0.4, 0.5) is 16.3 Å². The lowest BCUT2D eigenvalue weighted by Gasteiger charge is -2.35. The molecule has 8 heteroatoms. The lowest BCUT2D eigenvalue weighted by molar-refractivity contribution is 0.102. The van der Waals surface area contributed by atoms with Crippen molar-refractivity contribution in [3.05, 3.63) is 84.1 Å². The van der Waals surface area contributed by atoms with Gasteiger partial charge in [0.2, 0.25) is 0 Å². The van der Waals surface area contributed by atoms with Gasteiger partial charge in [-0.2, -0.15) is 0 Å². The van der Waals surface area contributed by atoms with E-state index in [0.717, 1.165) is 18.7 Å². The Hall–Kier alpha value is -4.07. The Morgan fingerprint density at radius 2 is 1.69 bits per heavy atom. The number of pyridine rings is 1. The molecular weight excluding hydrogens is 454 g/mol. The molecule has 1 aliphatic heterocycles. The zero-order valence-corrected chi connectivity index (χ0v) is 20.7. The summed E-state index contributed by atoms with van der Waals surface area (Å²) in [7, 11) is 0. The molecule has 0 unspecified atom stereocenters. The van der Waals surface area contributed by atoms with Gasteiger partial charge in [-0.3, -0.25) is 4.79 Å². The molecule has 2 heterocycles. The predicted molar refractivity (Wildman–Crippen MR) is 142 cm³/mol. The SMILES string of the molecule is CCOc1ccccc1C(=O)Nc1ccc(N2CCN(C(=O)NCCCc3ccccc3)CC2)nc1. The third-order valence-electron chi connectivity index (χ3n) is 6.09. The summed E-state index contributed by atoms with van der Waals surface area (Å²) in [5.41, 5.74) is 2.38.